The first-order valence-electron chi connectivity index (χ1n) is 9.59. The van der Waals surface area contributed by atoms with E-state index in [1.165, 1.54) is 19.3 Å². The van der Waals surface area contributed by atoms with E-state index in [1.54, 1.807) is 12.2 Å². The van der Waals surface area contributed by atoms with Gasteiger partial charge in [-0.05, 0) is 105 Å². The molecule has 0 aliphatic heterocycles. The van der Waals surface area contributed by atoms with Gasteiger partial charge >= 0.3 is 0 Å². The van der Waals surface area contributed by atoms with E-state index in [4.69, 9.17) is 4.74 Å². The molecule has 2 rings (SSSR count). The predicted molar refractivity (Wildman–Crippen MR) is 119 cm³/mol. The number of ether oxygens (including phenoxy) is 1. The first kappa shape index (κ1) is 22.3. The van der Waals surface area contributed by atoms with E-state index in [9.17, 15) is 15.0 Å². The largest absolute Gasteiger partial charge is 0.507 e. The number of ketones is 1. The summed E-state index contributed by atoms with van der Waals surface area (Å²) in [6, 6.07) is 0. The van der Waals surface area contributed by atoms with Crippen molar-refractivity contribution in [1.29, 1.82) is 0 Å². The third kappa shape index (κ3) is 4.07. The molecule has 2 N–H and O–H groups in total. The number of benzene rings is 2. The van der Waals surface area contributed by atoms with Gasteiger partial charge in [0.15, 0.2) is 17.3 Å². The van der Waals surface area contributed by atoms with Gasteiger partial charge in [0, 0.05) is 5.56 Å². The quantitative estimate of drug-likeness (QED) is 0.652. The lowest BCUT2D eigenvalue weighted by Crippen LogP contribution is -1.98. The van der Waals surface area contributed by atoms with Crippen molar-refractivity contribution in [3.05, 3.63) is 62.2 Å². The Hall–Kier alpha value is -3.01. The molecule has 0 saturated carbocycles. The third-order valence-electron chi connectivity index (χ3n) is 5.96. The van der Waals surface area contributed by atoms with Crippen LogP contribution >= 0.6 is 0 Å². The maximum Gasteiger partial charge on any atom is 0.178 e. The zero-order valence-electron chi connectivity index (χ0n) is 18.5. The zero-order valence-corrected chi connectivity index (χ0v) is 18.5. The number of carbonyl (C=O) groups is 1. The molecule has 4 nitrogen and oxygen atoms in total. The highest BCUT2D eigenvalue weighted by Gasteiger charge is 2.16. The second-order valence-corrected chi connectivity index (χ2v) is 7.50. The smallest absolute Gasteiger partial charge is 0.178 e. The van der Waals surface area contributed by atoms with E-state index in [0.29, 0.717) is 11.5 Å². The second-order valence-electron chi connectivity index (χ2n) is 7.50. The molecule has 0 aliphatic carbocycles. The molecule has 0 fully saturated rings. The Kier molecular flexibility index (Phi) is 6.58. The van der Waals surface area contributed by atoms with Gasteiger partial charge < -0.3 is 14.9 Å². The van der Waals surface area contributed by atoms with Gasteiger partial charge in [0.05, 0.1) is 7.11 Å². The molecule has 0 bridgehead atoms. The Morgan fingerprint density at radius 2 is 1.03 bits per heavy atom. The van der Waals surface area contributed by atoms with Crippen molar-refractivity contribution in [1.82, 2.24) is 0 Å². The van der Waals surface area contributed by atoms with Crippen LogP contribution in [0.5, 0.6) is 17.2 Å². The molecule has 0 aliphatic rings. The van der Waals surface area contributed by atoms with Gasteiger partial charge in [0.25, 0.3) is 0 Å². The van der Waals surface area contributed by atoms with Crippen molar-refractivity contribution in [2.45, 2.75) is 48.5 Å². The number of phenolic OH excluding ortho intramolecular Hbond substituents is 2. The number of methoxy groups -OCH3 is 1. The molecule has 0 atom stereocenters. The lowest BCUT2D eigenvalue weighted by molar-refractivity contribution is -0.110. The fourth-order valence-corrected chi connectivity index (χ4v) is 3.59. The van der Waals surface area contributed by atoms with Crippen molar-refractivity contribution in [3.63, 3.8) is 0 Å². The summed E-state index contributed by atoms with van der Waals surface area (Å²) >= 11 is 0. The summed E-state index contributed by atoms with van der Waals surface area (Å²) in [5, 5.41) is 20.4. The van der Waals surface area contributed by atoms with Crippen molar-refractivity contribution < 1.29 is 19.7 Å². The third-order valence-corrected chi connectivity index (χ3v) is 5.96. The van der Waals surface area contributed by atoms with Crippen LogP contribution < -0.4 is 4.74 Å². The number of hydrogen-bond acceptors (Lipinski definition) is 4. The molecule has 2 aromatic carbocycles. The minimum atomic E-state index is -0.143. The Labute approximate surface area is 173 Å². The van der Waals surface area contributed by atoms with Crippen LogP contribution in [0.15, 0.2) is 12.2 Å². The van der Waals surface area contributed by atoms with Gasteiger partial charge in [0.2, 0.25) is 0 Å². The van der Waals surface area contributed by atoms with Gasteiger partial charge in [-0.15, -0.1) is 0 Å². The standard InChI is InChI=1S/C25H30O4/c1-13-16(4)23(27)17(5)14(2)21(13)11-9-20(26)10-12-22-15(3)18(6)24(28)25(29-8)19(22)7/h9-12,27-28H,1-8H3/b11-9+,12-10+. The molecule has 0 unspecified atom stereocenters. The van der Waals surface area contributed by atoms with E-state index in [0.717, 1.165) is 50.1 Å². The monoisotopic (exact) mass is 394 g/mol. The Morgan fingerprint density at radius 3 is 1.45 bits per heavy atom. The Morgan fingerprint density at radius 1 is 0.655 bits per heavy atom. The molecule has 0 aromatic heterocycles. The number of rotatable bonds is 5. The average Bonchev–Trinajstić information content (AvgIpc) is 2.69. The Balaban J connectivity index is 2.39. The van der Waals surface area contributed by atoms with Gasteiger partial charge in [-0.1, -0.05) is 12.2 Å². The molecule has 0 saturated heterocycles. The second kappa shape index (κ2) is 8.56. The van der Waals surface area contributed by atoms with Crippen molar-refractivity contribution >= 4 is 17.9 Å². The first-order chi connectivity index (χ1) is 13.5. The highest BCUT2D eigenvalue weighted by Crippen LogP contribution is 2.38. The van der Waals surface area contributed by atoms with E-state index in [-0.39, 0.29) is 11.5 Å². The van der Waals surface area contributed by atoms with E-state index < -0.39 is 0 Å². The molecular weight excluding hydrogens is 364 g/mol. The minimum absolute atomic E-state index is 0.134. The molecular formula is C25H30O4. The summed E-state index contributed by atoms with van der Waals surface area (Å²) in [5.74, 6) is 0.730. The van der Waals surface area contributed by atoms with Crippen LogP contribution in [0.1, 0.15) is 50.1 Å². The summed E-state index contributed by atoms with van der Waals surface area (Å²) in [6.07, 6.45) is 6.63. The minimum Gasteiger partial charge on any atom is -0.507 e. The molecule has 2 aromatic rings. The van der Waals surface area contributed by atoms with Crippen molar-refractivity contribution in [2.75, 3.05) is 7.11 Å². The van der Waals surface area contributed by atoms with Crippen molar-refractivity contribution in [2.24, 2.45) is 0 Å². The normalized spacial score (nSPS) is 11.6. The predicted octanol–water partition coefficient (Wildman–Crippen LogP) is 5.56. The molecule has 4 heteroatoms. The number of phenols is 2. The lowest BCUT2D eigenvalue weighted by atomic mass is 9.92. The van der Waals surface area contributed by atoms with Gasteiger partial charge in [-0.3, -0.25) is 4.79 Å². The maximum atomic E-state index is 12.5. The maximum absolute atomic E-state index is 12.5. The number of hydrogen-bond donors (Lipinski definition) is 2. The molecule has 29 heavy (non-hydrogen) atoms. The summed E-state index contributed by atoms with van der Waals surface area (Å²) < 4.78 is 5.32. The lowest BCUT2D eigenvalue weighted by Gasteiger charge is -2.16. The summed E-state index contributed by atoms with van der Waals surface area (Å²) in [6.45, 7) is 13.2. The highest BCUT2D eigenvalue weighted by atomic mass is 16.5. The Bertz CT molecular complexity index is 1010. The van der Waals surface area contributed by atoms with E-state index in [2.05, 4.69) is 0 Å². The summed E-state index contributed by atoms with van der Waals surface area (Å²) in [4.78, 5) is 12.5. The number of aromatic hydroxyl groups is 2. The van der Waals surface area contributed by atoms with Crippen LogP contribution in [0.2, 0.25) is 0 Å². The van der Waals surface area contributed by atoms with Crippen LogP contribution in [-0.2, 0) is 4.79 Å². The molecule has 0 heterocycles. The molecule has 154 valence electrons. The van der Waals surface area contributed by atoms with Crippen LogP contribution in [0.25, 0.3) is 12.2 Å². The van der Waals surface area contributed by atoms with Crippen LogP contribution in [0.3, 0.4) is 0 Å². The molecule has 0 amide bonds. The van der Waals surface area contributed by atoms with Crippen molar-refractivity contribution in [3.8, 4) is 17.2 Å². The van der Waals surface area contributed by atoms with Gasteiger partial charge in [-0.2, -0.15) is 0 Å². The van der Waals surface area contributed by atoms with Gasteiger partial charge in [0.1, 0.15) is 5.75 Å². The average molecular weight is 395 g/mol. The topological polar surface area (TPSA) is 66.8 Å². The highest BCUT2D eigenvalue weighted by molar-refractivity contribution is 6.05. The number of allylic oxidation sites excluding steroid dienone is 2. The number of carbonyl (C=O) groups excluding carboxylic acids is 1. The van der Waals surface area contributed by atoms with Crippen LogP contribution in [0.4, 0.5) is 0 Å². The van der Waals surface area contributed by atoms with E-state index >= 15 is 0 Å². The summed E-state index contributed by atoms with van der Waals surface area (Å²) in [5.41, 5.74) is 7.83. The summed E-state index contributed by atoms with van der Waals surface area (Å²) in [7, 11) is 1.52. The molecule has 0 spiro atoms. The fraction of sp³-hybridized carbons (Fsp3) is 0.320. The fourth-order valence-electron chi connectivity index (χ4n) is 3.59. The molecule has 0 radical (unpaired) electrons. The first-order valence-corrected chi connectivity index (χ1v) is 9.59. The van der Waals surface area contributed by atoms with E-state index in [1.807, 2.05) is 48.5 Å². The van der Waals surface area contributed by atoms with Gasteiger partial charge in [-0.25, -0.2) is 0 Å². The van der Waals surface area contributed by atoms with Crippen LogP contribution in [-0.4, -0.2) is 23.1 Å². The zero-order chi connectivity index (χ0) is 22.0. The van der Waals surface area contributed by atoms with Crippen LogP contribution in [0, 0.1) is 48.5 Å². The SMILES string of the molecule is COc1c(C)c(/C=C/C(=O)/C=C/c2c(C)c(C)c(O)c(C)c2C)c(C)c(C)c1O.